The van der Waals surface area contributed by atoms with Crippen LogP contribution >= 0.6 is 0 Å². The second-order valence-corrected chi connectivity index (χ2v) is 8.33. The molecule has 0 unspecified atom stereocenters. The highest BCUT2D eigenvalue weighted by Crippen LogP contribution is 2.32. The summed E-state index contributed by atoms with van der Waals surface area (Å²) in [6.45, 7) is 8.07. The van der Waals surface area contributed by atoms with E-state index in [0.29, 0.717) is 0 Å². The maximum atomic E-state index is 12.7. The number of nitrogens with zero attached hydrogens (tertiary/aromatic N) is 1. The molecule has 1 aromatic carbocycles. The van der Waals surface area contributed by atoms with Crippen molar-refractivity contribution in [2.75, 3.05) is 13.1 Å². The summed E-state index contributed by atoms with van der Waals surface area (Å²) in [5, 5.41) is 9.47. The molecule has 1 aromatic rings. The molecule has 1 aliphatic rings. The SMILES string of the molecule is CC1(C)CN(S(=O)(=O)c2cccc(O)c2)CC(C)(C)O1. The van der Waals surface area contributed by atoms with Crippen molar-refractivity contribution < 1.29 is 18.3 Å². The molecular weight excluding hydrogens is 278 g/mol. The van der Waals surface area contributed by atoms with E-state index in [4.69, 9.17) is 4.74 Å². The number of rotatable bonds is 2. The molecule has 1 fully saturated rings. The zero-order valence-corrected chi connectivity index (χ0v) is 13.1. The standard InChI is InChI=1S/C14H21NO4S/c1-13(2)9-15(10-14(3,4)19-13)20(17,18)12-7-5-6-11(16)8-12/h5-8,16H,9-10H2,1-4H3. The van der Waals surface area contributed by atoms with Crippen molar-refractivity contribution in [2.24, 2.45) is 0 Å². The van der Waals surface area contributed by atoms with Gasteiger partial charge in [0.2, 0.25) is 10.0 Å². The smallest absolute Gasteiger partial charge is 0.243 e. The average molecular weight is 299 g/mol. The lowest BCUT2D eigenvalue weighted by Gasteiger charge is -2.46. The summed E-state index contributed by atoms with van der Waals surface area (Å²) in [6.07, 6.45) is 0. The normalized spacial score (nSPS) is 22.6. The Hall–Kier alpha value is -1.11. The maximum Gasteiger partial charge on any atom is 0.243 e. The number of phenols is 1. The third kappa shape index (κ3) is 3.13. The molecule has 0 aromatic heterocycles. The fourth-order valence-electron chi connectivity index (χ4n) is 2.68. The summed E-state index contributed by atoms with van der Waals surface area (Å²) in [7, 11) is -3.63. The Labute approximate surface area is 120 Å². The van der Waals surface area contributed by atoms with Gasteiger partial charge in [-0.25, -0.2) is 8.42 Å². The van der Waals surface area contributed by atoms with Gasteiger partial charge in [0, 0.05) is 13.1 Å². The third-order valence-electron chi connectivity index (χ3n) is 3.12. The summed E-state index contributed by atoms with van der Waals surface area (Å²) in [6, 6.07) is 5.74. The van der Waals surface area contributed by atoms with Gasteiger partial charge in [0.15, 0.2) is 0 Å². The predicted octanol–water partition coefficient (Wildman–Crippen LogP) is 1.97. The highest BCUT2D eigenvalue weighted by molar-refractivity contribution is 7.89. The Morgan fingerprint density at radius 2 is 1.70 bits per heavy atom. The van der Waals surface area contributed by atoms with E-state index in [-0.39, 0.29) is 23.7 Å². The van der Waals surface area contributed by atoms with Crippen LogP contribution in [0.4, 0.5) is 0 Å². The Kier molecular flexibility index (Phi) is 3.60. The van der Waals surface area contributed by atoms with Crippen molar-refractivity contribution in [2.45, 2.75) is 43.8 Å². The fraction of sp³-hybridized carbons (Fsp3) is 0.571. The topological polar surface area (TPSA) is 66.8 Å². The van der Waals surface area contributed by atoms with Gasteiger partial charge in [-0.15, -0.1) is 0 Å². The zero-order chi connectivity index (χ0) is 15.2. The molecule has 20 heavy (non-hydrogen) atoms. The molecule has 1 aliphatic heterocycles. The van der Waals surface area contributed by atoms with E-state index in [1.54, 1.807) is 0 Å². The van der Waals surface area contributed by atoms with Crippen LogP contribution in [-0.2, 0) is 14.8 Å². The molecular formula is C14H21NO4S. The van der Waals surface area contributed by atoms with Crippen LogP contribution < -0.4 is 0 Å². The van der Waals surface area contributed by atoms with Crippen molar-refractivity contribution in [1.82, 2.24) is 4.31 Å². The largest absolute Gasteiger partial charge is 0.508 e. The molecule has 1 N–H and O–H groups in total. The van der Waals surface area contributed by atoms with Gasteiger partial charge in [-0.05, 0) is 45.9 Å². The minimum atomic E-state index is -3.63. The number of hydrogen-bond donors (Lipinski definition) is 1. The second kappa shape index (κ2) is 4.72. The quantitative estimate of drug-likeness (QED) is 0.906. The van der Waals surface area contributed by atoms with Crippen molar-refractivity contribution in [3.05, 3.63) is 24.3 Å². The highest BCUT2D eigenvalue weighted by Gasteiger charge is 2.43. The van der Waals surface area contributed by atoms with Crippen molar-refractivity contribution in [3.8, 4) is 5.75 Å². The van der Waals surface area contributed by atoms with E-state index in [0.717, 1.165) is 0 Å². The van der Waals surface area contributed by atoms with Gasteiger partial charge in [-0.1, -0.05) is 6.07 Å². The van der Waals surface area contributed by atoms with Crippen molar-refractivity contribution in [1.29, 1.82) is 0 Å². The molecule has 0 spiro atoms. The maximum absolute atomic E-state index is 12.7. The predicted molar refractivity (Wildman–Crippen MR) is 76.1 cm³/mol. The van der Waals surface area contributed by atoms with Crippen LogP contribution in [0.1, 0.15) is 27.7 Å². The van der Waals surface area contributed by atoms with Crippen LogP contribution in [0, 0.1) is 0 Å². The summed E-state index contributed by atoms with van der Waals surface area (Å²) in [5.41, 5.74) is -1.10. The van der Waals surface area contributed by atoms with Gasteiger partial charge in [-0.2, -0.15) is 4.31 Å². The summed E-state index contributed by atoms with van der Waals surface area (Å²) < 4.78 is 32.7. The van der Waals surface area contributed by atoms with Crippen LogP contribution in [0.15, 0.2) is 29.2 Å². The Balaban J connectivity index is 2.39. The first-order valence-corrected chi connectivity index (χ1v) is 7.95. The number of aromatic hydroxyl groups is 1. The van der Waals surface area contributed by atoms with Gasteiger partial charge < -0.3 is 9.84 Å². The number of hydrogen-bond acceptors (Lipinski definition) is 4. The summed E-state index contributed by atoms with van der Waals surface area (Å²) in [5.74, 6) is -0.0575. The number of benzene rings is 1. The van der Waals surface area contributed by atoms with Crippen LogP contribution in [0.25, 0.3) is 0 Å². The van der Waals surface area contributed by atoms with E-state index in [1.807, 2.05) is 27.7 Å². The molecule has 0 amide bonds. The lowest BCUT2D eigenvalue weighted by atomic mass is 10.0. The minimum Gasteiger partial charge on any atom is -0.508 e. The first-order valence-electron chi connectivity index (χ1n) is 6.51. The number of phenolic OH excluding ortho intramolecular Hbond substituents is 1. The average Bonchev–Trinajstić information content (AvgIpc) is 2.24. The van der Waals surface area contributed by atoms with Gasteiger partial charge in [0.05, 0.1) is 16.1 Å². The molecule has 1 heterocycles. The van der Waals surface area contributed by atoms with Crippen molar-refractivity contribution in [3.63, 3.8) is 0 Å². The molecule has 1 saturated heterocycles. The molecule has 5 nitrogen and oxygen atoms in total. The van der Waals surface area contributed by atoms with E-state index in [2.05, 4.69) is 0 Å². The fourth-order valence-corrected chi connectivity index (χ4v) is 4.46. The van der Waals surface area contributed by atoms with E-state index in [1.165, 1.54) is 28.6 Å². The van der Waals surface area contributed by atoms with Gasteiger partial charge in [0.1, 0.15) is 5.75 Å². The monoisotopic (exact) mass is 299 g/mol. The molecule has 0 saturated carbocycles. The Morgan fingerprint density at radius 1 is 1.15 bits per heavy atom. The van der Waals surface area contributed by atoms with E-state index < -0.39 is 21.2 Å². The summed E-state index contributed by atoms with van der Waals surface area (Å²) in [4.78, 5) is 0.103. The molecule has 0 bridgehead atoms. The van der Waals surface area contributed by atoms with Crippen LogP contribution in [0.3, 0.4) is 0 Å². The lowest BCUT2D eigenvalue weighted by Crippen LogP contribution is -2.58. The Bertz CT molecular complexity index is 591. The zero-order valence-electron chi connectivity index (χ0n) is 12.3. The van der Waals surface area contributed by atoms with Crippen LogP contribution in [0.2, 0.25) is 0 Å². The molecule has 0 atom stereocenters. The van der Waals surface area contributed by atoms with E-state index in [9.17, 15) is 13.5 Å². The van der Waals surface area contributed by atoms with Gasteiger partial charge in [0.25, 0.3) is 0 Å². The molecule has 0 radical (unpaired) electrons. The number of sulfonamides is 1. The number of ether oxygens (including phenoxy) is 1. The molecule has 112 valence electrons. The Morgan fingerprint density at radius 3 is 2.20 bits per heavy atom. The highest BCUT2D eigenvalue weighted by atomic mass is 32.2. The summed E-state index contributed by atoms with van der Waals surface area (Å²) >= 11 is 0. The van der Waals surface area contributed by atoms with Gasteiger partial charge in [-0.3, -0.25) is 0 Å². The van der Waals surface area contributed by atoms with Crippen molar-refractivity contribution >= 4 is 10.0 Å². The van der Waals surface area contributed by atoms with E-state index >= 15 is 0 Å². The minimum absolute atomic E-state index is 0.0575. The lowest BCUT2D eigenvalue weighted by molar-refractivity contribution is -0.163. The van der Waals surface area contributed by atoms with Crippen LogP contribution in [0.5, 0.6) is 5.75 Å². The molecule has 2 rings (SSSR count). The molecule has 0 aliphatic carbocycles. The first-order chi connectivity index (χ1) is 9.02. The third-order valence-corrected chi connectivity index (χ3v) is 4.91. The first kappa shape index (κ1) is 15.3. The van der Waals surface area contributed by atoms with Crippen LogP contribution in [-0.4, -0.2) is 42.1 Å². The second-order valence-electron chi connectivity index (χ2n) is 6.39. The van der Waals surface area contributed by atoms with Gasteiger partial charge >= 0.3 is 0 Å². The number of morpholine rings is 1. The molecule has 6 heteroatoms.